The zero-order valence-corrected chi connectivity index (χ0v) is 8.51. The predicted molar refractivity (Wildman–Crippen MR) is 48.4 cm³/mol. The average molecular weight is 255 g/mol. The van der Waals surface area contributed by atoms with Gasteiger partial charge in [-0.15, -0.1) is 3.89 Å². The molecule has 0 saturated carbocycles. The molecule has 1 aromatic carbocycles. The lowest BCUT2D eigenvalue weighted by Gasteiger charge is -2.03. The van der Waals surface area contributed by atoms with Gasteiger partial charge in [-0.05, 0) is 6.07 Å². The molecule has 0 aliphatic carbocycles. The highest BCUT2D eigenvalue weighted by Crippen LogP contribution is 2.30. The van der Waals surface area contributed by atoms with Gasteiger partial charge in [0, 0.05) is 6.07 Å². The van der Waals surface area contributed by atoms with Crippen LogP contribution in [0, 0.1) is 0 Å². The van der Waals surface area contributed by atoms with Crippen molar-refractivity contribution in [2.45, 2.75) is 4.90 Å². The Labute approximate surface area is 88.9 Å². The Hall–Kier alpha value is -1.34. The number of hydrogen-bond acceptors (Lipinski definition) is 4. The van der Waals surface area contributed by atoms with Crippen LogP contribution in [0.25, 0.3) is 0 Å². The maximum atomic E-state index is 12.6. The van der Waals surface area contributed by atoms with E-state index in [4.69, 9.17) is 21.8 Å². The van der Waals surface area contributed by atoms with Gasteiger partial charge < -0.3 is 10.2 Å². The van der Waals surface area contributed by atoms with Gasteiger partial charge >= 0.3 is 16.2 Å². The molecule has 0 aliphatic rings. The van der Waals surface area contributed by atoms with Crippen LogP contribution in [0.2, 0.25) is 5.02 Å². The standard InChI is InChI=1S/C7H4ClFO5S/c8-4-2-5(10)3(7(11)12)1-6(4)15(9,13)14/h1-2,10H,(H,11,12). The number of benzene rings is 1. The Kier molecular flexibility index (Phi) is 2.87. The minimum atomic E-state index is -5.11. The summed E-state index contributed by atoms with van der Waals surface area (Å²) < 4.78 is 33.6. The van der Waals surface area contributed by atoms with Crippen LogP contribution in [0.15, 0.2) is 17.0 Å². The van der Waals surface area contributed by atoms with Gasteiger partial charge in [-0.2, -0.15) is 8.42 Å². The summed E-state index contributed by atoms with van der Waals surface area (Å²) in [6.45, 7) is 0. The van der Waals surface area contributed by atoms with Gasteiger partial charge in [0.1, 0.15) is 16.2 Å². The first-order valence-electron chi connectivity index (χ1n) is 3.44. The third-order valence-corrected chi connectivity index (χ3v) is 2.83. The third-order valence-electron chi connectivity index (χ3n) is 1.54. The number of hydrogen-bond donors (Lipinski definition) is 2. The van der Waals surface area contributed by atoms with Crippen molar-refractivity contribution in [3.05, 3.63) is 22.7 Å². The molecule has 0 aromatic heterocycles. The molecule has 5 nitrogen and oxygen atoms in total. The molecule has 8 heteroatoms. The summed E-state index contributed by atoms with van der Waals surface area (Å²) in [5.74, 6) is -2.33. The molecule has 1 aromatic rings. The Balaban J connectivity index is 3.58. The van der Waals surface area contributed by atoms with Crippen molar-refractivity contribution in [3.63, 3.8) is 0 Å². The normalized spacial score (nSPS) is 11.3. The zero-order valence-electron chi connectivity index (χ0n) is 6.94. The number of carboxylic acids is 1. The van der Waals surface area contributed by atoms with Crippen molar-refractivity contribution >= 4 is 27.8 Å². The molecule has 0 unspecified atom stereocenters. The number of aromatic hydroxyl groups is 1. The monoisotopic (exact) mass is 254 g/mol. The van der Waals surface area contributed by atoms with E-state index >= 15 is 0 Å². The van der Waals surface area contributed by atoms with Crippen molar-refractivity contribution in [1.29, 1.82) is 0 Å². The minimum Gasteiger partial charge on any atom is -0.507 e. The van der Waals surface area contributed by atoms with E-state index in [9.17, 15) is 17.1 Å². The lowest BCUT2D eigenvalue weighted by Crippen LogP contribution is -2.01. The van der Waals surface area contributed by atoms with Crippen LogP contribution < -0.4 is 0 Å². The number of carbonyl (C=O) groups is 1. The fourth-order valence-corrected chi connectivity index (χ4v) is 1.89. The van der Waals surface area contributed by atoms with Crippen molar-refractivity contribution in [2.75, 3.05) is 0 Å². The first-order valence-corrected chi connectivity index (χ1v) is 5.20. The van der Waals surface area contributed by atoms with E-state index in [-0.39, 0.29) is 0 Å². The molecular formula is C7H4ClFO5S. The molecule has 15 heavy (non-hydrogen) atoms. The summed E-state index contributed by atoms with van der Waals surface area (Å²) in [6.07, 6.45) is 0. The first-order chi connectivity index (χ1) is 6.73. The number of halogens is 2. The van der Waals surface area contributed by atoms with Gasteiger partial charge in [0.15, 0.2) is 0 Å². The smallest absolute Gasteiger partial charge is 0.339 e. The molecule has 0 heterocycles. The average Bonchev–Trinajstić information content (AvgIpc) is 2.00. The zero-order chi connectivity index (χ0) is 11.8. The van der Waals surface area contributed by atoms with Gasteiger partial charge in [-0.25, -0.2) is 4.79 Å². The van der Waals surface area contributed by atoms with Crippen LogP contribution in [0.3, 0.4) is 0 Å². The second-order valence-electron chi connectivity index (χ2n) is 2.54. The Morgan fingerprint density at radius 3 is 2.33 bits per heavy atom. The summed E-state index contributed by atoms with van der Waals surface area (Å²) in [5, 5.41) is 17.0. The molecule has 0 atom stereocenters. The molecule has 0 saturated heterocycles. The van der Waals surface area contributed by atoms with Crippen LogP contribution >= 0.6 is 11.6 Å². The van der Waals surface area contributed by atoms with Crippen molar-refractivity contribution in [1.82, 2.24) is 0 Å². The van der Waals surface area contributed by atoms with Crippen LogP contribution in [-0.4, -0.2) is 24.6 Å². The van der Waals surface area contributed by atoms with Crippen LogP contribution in [0.5, 0.6) is 5.75 Å². The Morgan fingerprint density at radius 1 is 1.40 bits per heavy atom. The summed E-state index contributed by atoms with van der Waals surface area (Å²) in [7, 11) is -5.11. The lowest BCUT2D eigenvalue weighted by molar-refractivity contribution is 0.0693. The predicted octanol–water partition coefficient (Wildman–Crippen LogP) is 1.40. The summed E-state index contributed by atoms with van der Waals surface area (Å²) in [5.41, 5.74) is -0.740. The van der Waals surface area contributed by atoms with E-state index in [0.717, 1.165) is 0 Å². The van der Waals surface area contributed by atoms with Gasteiger partial charge in [0.2, 0.25) is 0 Å². The fourth-order valence-electron chi connectivity index (χ4n) is 0.901. The van der Waals surface area contributed by atoms with Gasteiger partial charge in [-0.3, -0.25) is 0 Å². The highest BCUT2D eigenvalue weighted by Gasteiger charge is 2.21. The van der Waals surface area contributed by atoms with Crippen LogP contribution in [0.4, 0.5) is 3.89 Å². The van der Waals surface area contributed by atoms with E-state index in [0.29, 0.717) is 12.1 Å². The van der Waals surface area contributed by atoms with E-state index in [1.807, 2.05) is 0 Å². The molecule has 0 fully saturated rings. The molecule has 2 N–H and O–H groups in total. The largest absolute Gasteiger partial charge is 0.507 e. The second kappa shape index (κ2) is 3.67. The number of aromatic carboxylic acids is 1. The topological polar surface area (TPSA) is 91.7 Å². The van der Waals surface area contributed by atoms with Crippen molar-refractivity contribution in [2.24, 2.45) is 0 Å². The molecule has 0 amide bonds. The number of phenols is 1. The lowest BCUT2D eigenvalue weighted by atomic mass is 10.2. The maximum Gasteiger partial charge on any atom is 0.339 e. The van der Waals surface area contributed by atoms with E-state index < -0.39 is 37.4 Å². The Bertz CT molecular complexity index is 524. The first kappa shape index (κ1) is 11.7. The highest BCUT2D eigenvalue weighted by atomic mass is 35.5. The molecule has 0 aliphatic heterocycles. The number of carboxylic acid groups (broad SMARTS) is 1. The van der Waals surface area contributed by atoms with E-state index in [1.165, 1.54) is 0 Å². The highest BCUT2D eigenvalue weighted by molar-refractivity contribution is 7.86. The van der Waals surface area contributed by atoms with Crippen LogP contribution in [-0.2, 0) is 10.2 Å². The quantitative estimate of drug-likeness (QED) is 0.779. The van der Waals surface area contributed by atoms with Gasteiger partial charge in [-0.1, -0.05) is 11.6 Å². The van der Waals surface area contributed by atoms with E-state index in [2.05, 4.69) is 0 Å². The van der Waals surface area contributed by atoms with Crippen molar-refractivity contribution < 1.29 is 27.3 Å². The van der Waals surface area contributed by atoms with Crippen LogP contribution in [0.1, 0.15) is 10.4 Å². The van der Waals surface area contributed by atoms with Crippen molar-refractivity contribution in [3.8, 4) is 5.75 Å². The van der Waals surface area contributed by atoms with Gasteiger partial charge in [0.05, 0.1) is 5.02 Å². The summed E-state index contributed by atoms with van der Waals surface area (Å²) >= 11 is 5.32. The summed E-state index contributed by atoms with van der Waals surface area (Å²) in [4.78, 5) is 9.51. The SMILES string of the molecule is O=C(O)c1cc(S(=O)(=O)F)c(Cl)cc1O. The minimum absolute atomic E-state index is 0.454. The van der Waals surface area contributed by atoms with Gasteiger partial charge in [0.25, 0.3) is 0 Å². The van der Waals surface area contributed by atoms with E-state index in [1.54, 1.807) is 0 Å². The number of rotatable bonds is 2. The molecule has 0 spiro atoms. The Morgan fingerprint density at radius 2 is 1.93 bits per heavy atom. The molecular weight excluding hydrogens is 251 g/mol. The maximum absolute atomic E-state index is 12.6. The molecule has 0 radical (unpaired) electrons. The molecule has 0 bridgehead atoms. The third kappa shape index (κ3) is 2.37. The summed E-state index contributed by atoms with van der Waals surface area (Å²) in [6, 6.07) is 1.10. The second-order valence-corrected chi connectivity index (χ2v) is 4.27. The fraction of sp³-hybridized carbons (Fsp3) is 0. The molecule has 82 valence electrons. The molecule has 1 rings (SSSR count).